The second kappa shape index (κ2) is 22.4. The lowest BCUT2D eigenvalue weighted by Gasteiger charge is -2.13. The van der Waals surface area contributed by atoms with Gasteiger partial charge in [0.05, 0.1) is 19.8 Å². The SMILES string of the molecule is CCCCCCCCOc1cc(OCCCCCCCC)cc(OCCCCCCCC)c1. The van der Waals surface area contributed by atoms with Crippen molar-refractivity contribution in [2.45, 2.75) is 136 Å². The molecular formula is C30H54O3. The van der Waals surface area contributed by atoms with Crippen molar-refractivity contribution < 1.29 is 14.2 Å². The number of benzene rings is 1. The van der Waals surface area contributed by atoms with E-state index >= 15 is 0 Å². The maximum atomic E-state index is 6.08. The maximum Gasteiger partial charge on any atom is 0.126 e. The molecule has 0 spiro atoms. The van der Waals surface area contributed by atoms with Crippen molar-refractivity contribution >= 4 is 0 Å². The molecule has 0 unspecified atom stereocenters. The monoisotopic (exact) mass is 462 g/mol. The molecule has 0 atom stereocenters. The summed E-state index contributed by atoms with van der Waals surface area (Å²) in [6.07, 6.45) is 23.0. The Hall–Kier alpha value is -1.38. The number of hydrogen-bond donors (Lipinski definition) is 0. The Labute approximate surface area is 206 Å². The van der Waals surface area contributed by atoms with Crippen LogP contribution in [-0.4, -0.2) is 19.8 Å². The van der Waals surface area contributed by atoms with Crippen molar-refractivity contribution in [3.05, 3.63) is 18.2 Å². The summed E-state index contributed by atoms with van der Waals surface area (Å²) in [5.41, 5.74) is 0. The van der Waals surface area contributed by atoms with Crippen molar-refractivity contribution in [1.82, 2.24) is 0 Å². The minimum Gasteiger partial charge on any atom is -0.493 e. The smallest absolute Gasteiger partial charge is 0.126 e. The van der Waals surface area contributed by atoms with Crippen molar-refractivity contribution in [2.24, 2.45) is 0 Å². The average molecular weight is 463 g/mol. The summed E-state index contributed by atoms with van der Waals surface area (Å²) < 4.78 is 18.2. The molecule has 3 nitrogen and oxygen atoms in total. The molecular weight excluding hydrogens is 408 g/mol. The van der Waals surface area contributed by atoms with Crippen LogP contribution < -0.4 is 14.2 Å². The van der Waals surface area contributed by atoms with Crippen molar-refractivity contribution in [3.8, 4) is 17.2 Å². The molecule has 192 valence electrons. The van der Waals surface area contributed by atoms with Gasteiger partial charge >= 0.3 is 0 Å². The quantitative estimate of drug-likeness (QED) is 0.143. The van der Waals surface area contributed by atoms with E-state index in [1.165, 1.54) is 96.3 Å². The molecule has 0 aromatic heterocycles. The van der Waals surface area contributed by atoms with Gasteiger partial charge in [0.25, 0.3) is 0 Å². The van der Waals surface area contributed by atoms with Gasteiger partial charge in [0.15, 0.2) is 0 Å². The van der Waals surface area contributed by atoms with E-state index in [2.05, 4.69) is 20.8 Å². The fourth-order valence-corrected chi connectivity index (χ4v) is 4.01. The number of rotatable bonds is 24. The first-order valence-electron chi connectivity index (χ1n) is 14.3. The van der Waals surface area contributed by atoms with E-state index in [-0.39, 0.29) is 0 Å². The Morgan fingerprint density at radius 1 is 0.364 bits per heavy atom. The Bertz CT molecular complexity index is 455. The average Bonchev–Trinajstić information content (AvgIpc) is 2.82. The van der Waals surface area contributed by atoms with E-state index < -0.39 is 0 Å². The zero-order chi connectivity index (χ0) is 23.8. The third-order valence-electron chi connectivity index (χ3n) is 6.15. The lowest BCUT2D eigenvalue weighted by atomic mass is 10.1. The molecule has 3 heteroatoms. The summed E-state index contributed by atoms with van der Waals surface area (Å²) in [4.78, 5) is 0. The molecule has 1 aromatic rings. The van der Waals surface area contributed by atoms with Gasteiger partial charge in [-0.3, -0.25) is 0 Å². The summed E-state index contributed by atoms with van der Waals surface area (Å²) in [7, 11) is 0. The maximum absolute atomic E-state index is 6.08. The van der Waals surface area contributed by atoms with Crippen LogP contribution in [0.15, 0.2) is 18.2 Å². The Morgan fingerprint density at radius 2 is 0.606 bits per heavy atom. The molecule has 0 heterocycles. The fourth-order valence-electron chi connectivity index (χ4n) is 4.01. The molecule has 0 aliphatic heterocycles. The zero-order valence-corrected chi connectivity index (χ0v) is 22.3. The molecule has 0 fully saturated rings. The van der Waals surface area contributed by atoms with E-state index in [1.54, 1.807) is 0 Å². The van der Waals surface area contributed by atoms with E-state index in [1.807, 2.05) is 18.2 Å². The third-order valence-corrected chi connectivity index (χ3v) is 6.15. The first-order valence-corrected chi connectivity index (χ1v) is 14.3. The Kier molecular flexibility index (Phi) is 20.1. The van der Waals surface area contributed by atoms with Gasteiger partial charge in [0, 0.05) is 18.2 Å². The zero-order valence-electron chi connectivity index (χ0n) is 22.3. The van der Waals surface area contributed by atoms with Crippen LogP contribution in [0.2, 0.25) is 0 Å². The Morgan fingerprint density at radius 3 is 0.879 bits per heavy atom. The Balaban J connectivity index is 2.44. The lowest BCUT2D eigenvalue weighted by molar-refractivity contribution is 0.276. The summed E-state index contributed by atoms with van der Waals surface area (Å²) in [6.45, 7) is 9.09. The van der Waals surface area contributed by atoms with Crippen LogP contribution in [-0.2, 0) is 0 Å². The summed E-state index contributed by atoms with van der Waals surface area (Å²) >= 11 is 0. The van der Waals surface area contributed by atoms with E-state index in [4.69, 9.17) is 14.2 Å². The number of ether oxygens (including phenoxy) is 3. The third kappa shape index (κ3) is 17.7. The van der Waals surface area contributed by atoms with Crippen LogP contribution in [0, 0.1) is 0 Å². The number of unbranched alkanes of at least 4 members (excludes halogenated alkanes) is 15. The van der Waals surface area contributed by atoms with Gasteiger partial charge in [-0.1, -0.05) is 117 Å². The molecule has 0 N–H and O–H groups in total. The molecule has 0 amide bonds. The van der Waals surface area contributed by atoms with Crippen LogP contribution >= 0.6 is 0 Å². The molecule has 0 saturated carbocycles. The van der Waals surface area contributed by atoms with Gasteiger partial charge < -0.3 is 14.2 Å². The van der Waals surface area contributed by atoms with Crippen LogP contribution in [0.25, 0.3) is 0 Å². The molecule has 1 aromatic carbocycles. The predicted octanol–water partition coefficient (Wildman–Crippen LogP) is 9.90. The molecule has 0 aliphatic rings. The number of hydrogen-bond acceptors (Lipinski definition) is 3. The van der Waals surface area contributed by atoms with Crippen molar-refractivity contribution in [1.29, 1.82) is 0 Å². The standard InChI is InChI=1S/C30H54O3/c1-4-7-10-13-16-19-22-31-28-25-29(32-23-20-17-14-11-8-5-2)27-30(26-28)33-24-21-18-15-12-9-6-3/h25-27H,4-24H2,1-3H3. The van der Waals surface area contributed by atoms with Crippen LogP contribution in [0.5, 0.6) is 17.2 Å². The minimum absolute atomic E-state index is 0.768. The first-order chi connectivity index (χ1) is 16.3. The van der Waals surface area contributed by atoms with Gasteiger partial charge in [0.2, 0.25) is 0 Å². The molecule has 1 rings (SSSR count). The van der Waals surface area contributed by atoms with Crippen molar-refractivity contribution in [2.75, 3.05) is 19.8 Å². The highest BCUT2D eigenvalue weighted by molar-refractivity contribution is 5.42. The van der Waals surface area contributed by atoms with Gasteiger partial charge in [-0.05, 0) is 19.3 Å². The summed E-state index contributed by atoms with van der Waals surface area (Å²) in [6, 6.07) is 6.10. The van der Waals surface area contributed by atoms with Gasteiger partial charge in [-0.25, -0.2) is 0 Å². The highest BCUT2D eigenvalue weighted by Gasteiger charge is 2.06. The predicted molar refractivity (Wildman–Crippen MR) is 143 cm³/mol. The second-order valence-electron chi connectivity index (χ2n) is 9.49. The minimum atomic E-state index is 0.768. The van der Waals surface area contributed by atoms with E-state index in [0.717, 1.165) is 56.3 Å². The van der Waals surface area contributed by atoms with Gasteiger partial charge in [0.1, 0.15) is 17.2 Å². The first kappa shape index (κ1) is 29.7. The van der Waals surface area contributed by atoms with Crippen LogP contribution in [0.4, 0.5) is 0 Å². The second-order valence-corrected chi connectivity index (χ2v) is 9.49. The van der Waals surface area contributed by atoms with Crippen molar-refractivity contribution in [3.63, 3.8) is 0 Å². The van der Waals surface area contributed by atoms with Gasteiger partial charge in [-0.2, -0.15) is 0 Å². The van der Waals surface area contributed by atoms with E-state index in [9.17, 15) is 0 Å². The topological polar surface area (TPSA) is 27.7 Å². The van der Waals surface area contributed by atoms with E-state index in [0.29, 0.717) is 0 Å². The molecule has 0 aliphatic carbocycles. The normalized spacial score (nSPS) is 11.0. The lowest BCUT2D eigenvalue weighted by Crippen LogP contribution is -2.02. The van der Waals surface area contributed by atoms with Crippen LogP contribution in [0.1, 0.15) is 136 Å². The molecule has 0 radical (unpaired) electrons. The molecule has 0 saturated heterocycles. The summed E-state index contributed by atoms with van der Waals surface area (Å²) in [5.74, 6) is 2.63. The molecule has 33 heavy (non-hydrogen) atoms. The van der Waals surface area contributed by atoms with Gasteiger partial charge in [-0.15, -0.1) is 0 Å². The highest BCUT2D eigenvalue weighted by atomic mass is 16.5. The highest BCUT2D eigenvalue weighted by Crippen LogP contribution is 2.29. The largest absolute Gasteiger partial charge is 0.493 e. The molecule has 0 bridgehead atoms. The summed E-state index contributed by atoms with van der Waals surface area (Å²) in [5, 5.41) is 0. The van der Waals surface area contributed by atoms with Crippen LogP contribution in [0.3, 0.4) is 0 Å². The fraction of sp³-hybridized carbons (Fsp3) is 0.800.